The fourth-order valence-corrected chi connectivity index (χ4v) is 1.98. The second kappa shape index (κ2) is 9.79. The van der Waals surface area contributed by atoms with Crippen molar-refractivity contribution in [1.82, 2.24) is 4.72 Å². The number of aliphatic imine (C=N–C) groups is 1. The van der Waals surface area contributed by atoms with Crippen LogP contribution in [0.1, 0.15) is 6.42 Å². The maximum absolute atomic E-state index is 10.8. The van der Waals surface area contributed by atoms with Crippen molar-refractivity contribution in [3.63, 3.8) is 0 Å². The number of nitrogens with two attached hydrogens (primary N) is 1. The van der Waals surface area contributed by atoms with Crippen LogP contribution in [0.5, 0.6) is 5.75 Å². The molecule has 0 bridgehead atoms. The minimum atomic E-state index is -3.14. The normalized spacial score (nSPS) is 11.6. The molecule has 4 N–H and O–H groups in total. The molecule has 120 valence electrons. The van der Waals surface area contributed by atoms with Crippen LogP contribution in [0, 0.1) is 0 Å². The molecule has 0 radical (unpaired) electrons. The summed E-state index contributed by atoms with van der Waals surface area (Å²) in [7, 11) is -1.57. The average molecular weight is 428 g/mol. The molecule has 0 saturated carbocycles. The zero-order valence-corrected chi connectivity index (χ0v) is 15.1. The summed E-state index contributed by atoms with van der Waals surface area (Å²) >= 11 is 0. The van der Waals surface area contributed by atoms with Gasteiger partial charge in [0, 0.05) is 13.1 Å². The average Bonchev–Trinajstić information content (AvgIpc) is 2.37. The SMILES string of the molecule is COc1ccccc1NC(N)=NCCCNS(C)(=O)=O.I. The van der Waals surface area contributed by atoms with Gasteiger partial charge in [-0.3, -0.25) is 4.99 Å². The molecule has 0 aromatic heterocycles. The van der Waals surface area contributed by atoms with Gasteiger partial charge in [-0.25, -0.2) is 13.1 Å². The summed E-state index contributed by atoms with van der Waals surface area (Å²) in [5.41, 5.74) is 6.47. The third-order valence-corrected chi connectivity index (χ3v) is 3.08. The molecule has 1 rings (SSSR count). The number of nitrogens with zero attached hydrogens (tertiary/aromatic N) is 1. The van der Waals surface area contributed by atoms with Crippen molar-refractivity contribution in [3.05, 3.63) is 24.3 Å². The highest BCUT2D eigenvalue weighted by atomic mass is 127. The van der Waals surface area contributed by atoms with Gasteiger partial charge in [0.15, 0.2) is 5.96 Å². The van der Waals surface area contributed by atoms with Crippen LogP contribution in [0.4, 0.5) is 5.69 Å². The number of guanidine groups is 1. The van der Waals surface area contributed by atoms with Crippen molar-refractivity contribution in [2.45, 2.75) is 6.42 Å². The molecule has 21 heavy (non-hydrogen) atoms. The number of hydrogen-bond acceptors (Lipinski definition) is 4. The van der Waals surface area contributed by atoms with Gasteiger partial charge in [-0.1, -0.05) is 12.1 Å². The predicted octanol–water partition coefficient (Wildman–Crippen LogP) is 0.979. The van der Waals surface area contributed by atoms with Crippen molar-refractivity contribution in [2.75, 3.05) is 31.8 Å². The highest BCUT2D eigenvalue weighted by Crippen LogP contribution is 2.22. The van der Waals surface area contributed by atoms with E-state index in [4.69, 9.17) is 10.5 Å². The van der Waals surface area contributed by atoms with Gasteiger partial charge >= 0.3 is 0 Å². The summed E-state index contributed by atoms with van der Waals surface area (Å²) in [5.74, 6) is 0.929. The number of nitrogens with one attached hydrogen (secondary N) is 2. The predicted molar refractivity (Wildman–Crippen MR) is 96.0 cm³/mol. The third-order valence-electron chi connectivity index (χ3n) is 2.35. The van der Waals surface area contributed by atoms with Crippen molar-refractivity contribution >= 4 is 45.6 Å². The van der Waals surface area contributed by atoms with E-state index in [9.17, 15) is 8.42 Å². The van der Waals surface area contributed by atoms with Gasteiger partial charge in [0.25, 0.3) is 0 Å². The summed E-state index contributed by atoms with van der Waals surface area (Å²) < 4.78 is 29.2. The standard InChI is InChI=1S/C12H20N4O3S.HI/c1-19-11-7-4-3-6-10(11)16-12(13)14-8-5-9-15-20(2,17)18;/h3-4,6-7,15H,5,8-9H2,1-2H3,(H3,13,14,16);1H. The topological polar surface area (TPSA) is 106 Å². The van der Waals surface area contributed by atoms with Gasteiger partial charge in [0.05, 0.1) is 19.1 Å². The lowest BCUT2D eigenvalue weighted by atomic mass is 10.3. The fourth-order valence-electron chi connectivity index (χ4n) is 1.46. The van der Waals surface area contributed by atoms with E-state index in [0.29, 0.717) is 25.3 Å². The van der Waals surface area contributed by atoms with E-state index < -0.39 is 10.0 Å². The third kappa shape index (κ3) is 8.73. The van der Waals surface area contributed by atoms with E-state index in [2.05, 4.69) is 15.0 Å². The summed E-state index contributed by atoms with van der Waals surface area (Å²) in [5, 5.41) is 2.93. The lowest BCUT2D eigenvalue weighted by molar-refractivity contribution is 0.417. The first-order valence-electron chi connectivity index (χ1n) is 6.07. The minimum Gasteiger partial charge on any atom is -0.495 e. The Kier molecular flexibility index (Phi) is 9.29. The number of rotatable bonds is 7. The molecule has 0 saturated heterocycles. The van der Waals surface area contributed by atoms with E-state index in [0.717, 1.165) is 11.9 Å². The van der Waals surface area contributed by atoms with Gasteiger partial charge < -0.3 is 15.8 Å². The first kappa shape index (κ1) is 19.9. The number of ether oxygens (including phenoxy) is 1. The number of sulfonamides is 1. The Labute approximate surface area is 142 Å². The molecule has 0 spiro atoms. The quantitative estimate of drug-likeness (QED) is 0.260. The maximum Gasteiger partial charge on any atom is 0.208 e. The Morgan fingerprint density at radius 3 is 2.67 bits per heavy atom. The highest BCUT2D eigenvalue weighted by molar-refractivity contribution is 14.0. The van der Waals surface area contributed by atoms with Crippen LogP contribution >= 0.6 is 24.0 Å². The van der Waals surface area contributed by atoms with Crippen molar-refractivity contribution in [1.29, 1.82) is 0 Å². The summed E-state index contributed by atoms with van der Waals surface area (Å²) in [6, 6.07) is 7.35. The molecule has 0 amide bonds. The summed E-state index contributed by atoms with van der Waals surface area (Å²) in [6.45, 7) is 0.765. The number of methoxy groups -OCH3 is 1. The highest BCUT2D eigenvalue weighted by Gasteiger charge is 2.02. The molecule has 0 aliphatic carbocycles. The molecular weight excluding hydrogens is 407 g/mol. The lowest BCUT2D eigenvalue weighted by Gasteiger charge is -2.10. The maximum atomic E-state index is 10.8. The summed E-state index contributed by atoms with van der Waals surface area (Å²) in [6.07, 6.45) is 1.69. The monoisotopic (exact) mass is 428 g/mol. The van der Waals surface area contributed by atoms with Gasteiger partial charge in [-0.2, -0.15) is 0 Å². The summed E-state index contributed by atoms with van der Waals surface area (Å²) in [4.78, 5) is 4.11. The smallest absolute Gasteiger partial charge is 0.208 e. The lowest BCUT2D eigenvalue weighted by Crippen LogP contribution is -2.25. The number of hydrogen-bond donors (Lipinski definition) is 3. The van der Waals surface area contributed by atoms with Crippen LogP contribution < -0.4 is 20.5 Å². The van der Waals surface area contributed by atoms with Gasteiger partial charge in [0.1, 0.15) is 5.75 Å². The number of benzene rings is 1. The van der Waals surface area contributed by atoms with Crippen LogP contribution in [0.3, 0.4) is 0 Å². The molecule has 0 aliphatic heterocycles. The van der Waals surface area contributed by atoms with E-state index in [-0.39, 0.29) is 29.9 Å². The van der Waals surface area contributed by atoms with Crippen LogP contribution in [0.2, 0.25) is 0 Å². The Morgan fingerprint density at radius 2 is 2.05 bits per heavy atom. The van der Waals surface area contributed by atoms with Crippen molar-refractivity contribution in [2.24, 2.45) is 10.7 Å². The molecule has 0 atom stereocenters. The first-order valence-corrected chi connectivity index (χ1v) is 7.96. The number of para-hydroxylation sites is 2. The van der Waals surface area contributed by atoms with Crippen molar-refractivity contribution in [3.8, 4) is 5.75 Å². The minimum absolute atomic E-state index is 0. The fraction of sp³-hybridized carbons (Fsp3) is 0.417. The molecule has 0 aliphatic rings. The Balaban J connectivity index is 0.00000400. The first-order chi connectivity index (χ1) is 9.42. The van der Waals surface area contributed by atoms with E-state index in [1.54, 1.807) is 7.11 Å². The molecule has 0 unspecified atom stereocenters. The molecule has 1 aromatic carbocycles. The second-order valence-corrected chi connectivity index (χ2v) is 5.95. The zero-order chi connectivity index (χ0) is 15.0. The Hall–Kier alpha value is -1.07. The molecule has 0 heterocycles. The van der Waals surface area contributed by atoms with Crippen LogP contribution in [0.25, 0.3) is 0 Å². The molecule has 7 nitrogen and oxygen atoms in total. The second-order valence-electron chi connectivity index (χ2n) is 4.11. The van der Waals surface area contributed by atoms with Crippen molar-refractivity contribution < 1.29 is 13.2 Å². The van der Waals surface area contributed by atoms with E-state index in [1.165, 1.54) is 0 Å². The number of anilines is 1. The van der Waals surface area contributed by atoms with Gasteiger partial charge in [0.2, 0.25) is 10.0 Å². The Bertz CT molecular complexity index is 563. The molecule has 1 aromatic rings. The van der Waals surface area contributed by atoms with Crippen LogP contribution in [-0.2, 0) is 10.0 Å². The van der Waals surface area contributed by atoms with Gasteiger partial charge in [-0.05, 0) is 18.6 Å². The van der Waals surface area contributed by atoms with Gasteiger partial charge in [-0.15, -0.1) is 24.0 Å². The molecular formula is C12H21IN4O3S. The number of halogens is 1. The van der Waals surface area contributed by atoms with E-state index in [1.807, 2.05) is 24.3 Å². The van der Waals surface area contributed by atoms with E-state index >= 15 is 0 Å². The van der Waals surface area contributed by atoms with Crippen LogP contribution in [-0.4, -0.2) is 40.8 Å². The largest absolute Gasteiger partial charge is 0.495 e. The van der Waals surface area contributed by atoms with Crippen LogP contribution in [0.15, 0.2) is 29.3 Å². The zero-order valence-electron chi connectivity index (χ0n) is 12.0. The molecule has 9 heteroatoms. The molecule has 0 fully saturated rings. The Morgan fingerprint density at radius 1 is 1.38 bits per heavy atom.